The Labute approximate surface area is 154 Å². The average molecular weight is 351 g/mol. The largest absolute Gasteiger partial charge is 0.364 e. The number of allylic oxidation sites excluding steroid dienone is 2. The number of carbonyl (C=O) groups is 2. The molecule has 1 aromatic heterocycles. The fourth-order valence-electron chi connectivity index (χ4n) is 4.86. The lowest BCUT2D eigenvalue weighted by Crippen LogP contribution is -2.38. The highest BCUT2D eigenvalue weighted by Crippen LogP contribution is 2.46. The molecule has 5 heteroatoms. The highest BCUT2D eigenvalue weighted by Gasteiger charge is 2.34. The van der Waals surface area contributed by atoms with Crippen LogP contribution in [0.3, 0.4) is 0 Å². The van der Waals surface area contributed by atoms with Crippen molar-refractivity contribution in [1.82, 2.24) is 9.88 Å². The van der Waals surface area contributed by atoms with E-state index in [0.717, 1.165) is 44.2 Å². The van der Waals surface area contributed by atoms with Gasteiger partial charge in [-0.25, -0.2) is 0 Å². The predicted molar refractivity (Wildman–Crippen MR) is 101 cm³/mol. The van der Waals surface area contributed by atoms with Crippen molar-refractivity contribution in [2.45, 2.75) is 50.9 Å². The summed E-state index contributed by atoms with van der Waals surface area (Å²) in [6, 6.07) is 0. The van der Waals surface area contributed by atoms with Gasteiger partial charge in [0.2, 0.25) is 5.91 Å². The first-order chi connectivity index (χ1) is 12.6. The minimum absolute atomic E-state index is 0.00867. The molecule has 136 valence electrons. The van der Waals surface area contributed by atoms with E-state index >= 15 is 0 Å². The molecule has 0 saturated carbocycles. The van der Waals surface area contributed by atoms with Crippen LogP contribution in [0.15, 0.2) is 24.4 Å². The van der Waals surface area contributed by atoms with Crippen molar-refractivity contribution >= 4 is 17.4 Å². The zero-order valence-corrected chi connectivity index (χ0v) is 15.1. The standard InChI is InChI=1S/C21H25N3O2/c1-2-18(25)24-9-5-7-14(12-24)17-11-23-20(21(22)26)16-10-13-6-3-4-8-15(13)19(16)17/h2,11,14H,1,3-10,12H2,(H2,22,26)/t14-/m1/s1. The van der Waals surface area contributed by atoms with Crippen molar-refractivity contribution in [3.8, 4) is 0 Å². The quantitative estimate of drug-likeness (QED) is 0.851. The number of nitrogens with two attached hydrogens (primary N) is 1. The van der Waals surface area contributed by atoms with Gasteiger partial charge in [-0.05, 0) is 73.3 Å². The molecule has 2 aliphatic carbocycles. The Morgan fingerprint density at radius 3 is 2.85 bits per heavy atom. The lowest BCUT2D eigenvalue weighted by molar-refractivity contribution is -0.127. The van der Waals surface area contributed by atoms with E-state index in [1.165, 1.54) is 41.2 Å². The Bertz CT molecular complexity index is 825. The van der Waals surface area contributed by atoms with Gasteiger partial charge in [0.05, 0.1) is 0 Å². The summed E-state index contributed by atoms with van der Waals surface area (Å²) in [6.45, 7) is 5.09. The first-order valence-corrected chi connectivity index (χ1v) is 9.54. The second-order valence-corrected chi connectivity index (χ2v) is 7.57. The second-order valence-electron chi connectivity index (χ2n) is 7.57. The number of fused-ring (bicyclic) bond motifs is 2. The molecule has 0 aromatic carbocycles. The van der Waals surface area contributed by atoms with Crippen LogP contribution in [0.25, 0.3) is 5.57 Å². The fourth-order valence-corrected chi connectivity index (χ4v) is 4.86. The number of aromatic nitrogens is 1. The van der Waals surface area contributed by atoms with Gasteiger partial charge in [-0.15, -0.1) is 0 Å². The van der Waals surface area contributed by atoms with E-state index < -0.39 is 5.91 Å². The van der Waals surface area contributed by atoms with Gasteiger partial charge in [0, 0.05) is 25.2 Å². The van der Waals surface area contributed by atoms with Gasteiger partial charge in [0.25, 0.3) is 5.91 Å². The summed E-state index contributed by atoms with van der Waals surface area (Å²) in [5.74, 6) is -0.199. The molecule has 0 bridgehead atoms. The normalized spacial score (nSPS) is 22.0. The van der Waals surface area contributed by atoms with E-state index in [1.807, 2.05) is 11.1 Å². The summed E-state index contributed by atoms with van der Waals surface area (Å²) in [5.41, 5.74) is 12.3. The minimum atomic E-state index is -0.445. The van der Waals surface area contributed by atoms with Crippen LogP contribution in [-0.2, 0) is 11.2 Å². The van der Waals surface area contributed by atoms with Crippen LogP contribution in [-0.4, -0.2) is 34.8 Å². The number of primary amides is 1. The lowest BCUT2D eigenvalue weighted by Gasteiger charge is -2.33. The van der Waals surface area contributed by atoms with Crippen LogP contribution in [0.5, 0.6) is 0 Å². The third-order valence-corrected chi connectivity index (χ3v) is 6.06. The summed E-state index contributed by atoms with van der Waals surface area (Å²) in [5, 5.41) is 0. The molecule has 0 radical (unpaired) electrons. The molecule has 2 amide bonds. The van der Waals surface area contributed by atoms with Crippen molar-refractivity contribution in [3.05, 3.63) is 46.8 Å². The van der Waals surface area contributed by atoms with Crippen LogP contribution in [0.4, 0.5) is 0 Å². The number of pyridine rings is 1. The van der Waals surface area contributed by atoms with Crippen LogP contribution in [0.1, 0.15) is 71.6 Å². The summed E-state index contributed by atoms with van der Waals surface area (Å²) in [7, 11) is 0. The molecule has 2 heterocycles. The van der Waals surface area contributed by atoms with Crippen molar-refractivity contribution in [1.29, 1.82) is 0 Å². The van der Waals surface area contributed by atoms with E-state index in [0.29, 0.717) is 12.2 Å². The first kappa shape index (κ1) is 17.0. The number of likely N-dealkylation sites (tertiary alicyclic amines) is 1. The number of hydrogen-bond acceptors (Lipinski definition) is 3. The van der Waals surface area contributed by atoms with Crippen molar-refractivity contribution < 1.29 is 9.59 Å². The number of nitrogens with zero attached hydrogens (tertiary/aromatic N) is 2. The topological polar surface area (TPSA) is 76.3 Å². The van der Waals surface area contributed by atoms with E-state index in [1.54, 1.807) is 0 Å². The maximum atomic E-state index is 12.1. The van der Waals surface area contributed by atoms with Gasteiger partial charge < -0.3 is 10.6 Å². The molecular formula is C21H25N3O2. The number of hydrogen-bond donors (Lipinski definition) is 1. The molecule has 3 aliphatic rings. The van der Waals surface area contributed by atoms with Crippen LogP contribution in [0.2, 0.25) is 0 Å². The molecule has 1 aliphatic heterocycles. The molecule has 4 rings (SSSR count). The smallest absolute Gasteiger partial charge is 0.267 e. The summed E-state index contributed by atoms with van der Waals surface area (Å²) in [4.78, 5) is 30.3. The zero-order chi connectivity index (χ0) is 18.3. The molecular weight excluding hydrogens is 326 g/mol. The average Bonchev–Trinajstić information content (AvgIpc) is 3.06. The summed E-state index contributed by atoms with van der Waals surface area (Å²) < 4.78 is 0. The van der Waals surface area contributed by atoms with Crippen molar-refractivity contribution in [3.63, 3.8) is 0 Å². The number of amides is 2. The Morgan fingerprint density at radius 1 is 1.27 bits per heavy atom. The van der Waals surface area contributed by atoms with Gasteiger partial charge in [-0.1, -0.05) is 12.2 Å². The monoisotopic (exact) mass is 351 g/mol. The fraction of sp³-hybridized carbons (Fsp3) is 0.476. The Balaban J connectivity index is 1.77. The van der Waals surface area contributed by atoms with Gasteiger partial charge in [-0.2, -0.15) is 0 Å². The molecule has 2 N–H and O–H groups in total. The van der Waals surface area contributed by atoms with Crippen LogP contribution in [0, 0.1) is 0 Å². The number of rotatable bonds is 3. The minimum Gasteiger partial charge on any atom is -0.364 e. The maximum absolute atomic E-state index is 12.1. The maximum Gasteiger partial charge on any atom is 0.267 e. The molecule has 1 aromatic rings. The summed E-state index contributed by atoms with van der Waals surface area (Å²) >= 11 is 0. The Kier molecular flexibility index (Phi) is 4.39. The highest BCUT2D eigenvalue weighted by molar-refractivity contribution is 5.96. The third-order valence-electron chi connectivity index (χ3n) is 6.06. The zero-order valence-electron chi connectivity index (χ0n) is 15.1. The van der Waals surface area contributed by atoms with Gasteiger partial charge in [0.1, 0.15) is 5.69 Å². The van der Waals surface area contributed by atoms with E-state index in [9.17, 15) is 9.59 Å². The second kappa shape index (κ2) is 6.71. The summed E-state index contributed by atoms with van der Waals surface area (Å²) in [6.07, 6.45) is 10.6. The number of piperidine rings is 1. The predicted octanol–water partition coefficient (Wildman–Crippen LogP) is 2.96. The molecule has 5 nitrogen and oxygen atoms in total. The van der Waals surface area contributed by atoms with Gasteiger partial charge in [-0.3, -0.25) is 14.6 Å². The molecule has 0 spiro atoms. The molecule has 1 fully saturated rings. The van der Waals surface area contributed by atoms with Crippen LogP contribution < -0.4 is 5.73 Å². The van der Waals surface area contributed by atoms with E-state index in [2.05, 4.69) is 11.6 Å². The third kappa shape index (κ3) is 2.75. The van der Waals surface area contributed by atoms with Crippen LogP contribution >= 0.6 is 0 Å². The van der Waals surface area contributed by atoms with Crippen molar-refractivity contribution in [2.75, 3.05) is 13.1 Å². The lowest BCUT2D eigenvalue weighted by atomic mass is 9.83. The van der Waals surface area contributed by atoms with Gasteiger partial charge >= 0.3 is 0 Å². The Hall–Kier alpha value is -2.43. The first-order valence-electron chi connectivity index (χ1n) is 9.54. The van der Waals surface area contributed by atoms with Crippen molar-refractivity contribution in [2.24, 2.45) is 5.73 Å². The van der Waals surface area contributed by atoms with E-state index in [-0.39, 0.29) is 11.8 Å². The SMILES string of the molecule is C=CC(=O)N1CCC[C@@H](c2cnc(C(N)=O)c3c2C2=C(CCCC2)C3)C1. The van der Waals surface area contributed by atoms with E-state index in [4.69, 9.17) is 5.73 Å². The number of carbonyl (C=O) groups excluding carboxylic acids is 2. The Morgan fingerprint density at radius 2 is 2.08 bits per heavy atom. The molecule has 0 unspecified atom stereocenters. The van der Waals surface area contributed by atoms with Gasteiger partial charge in [0.15, 0.2) is 0 Å². The highest BCUT2D eigenvalue weighted by atomic mass is 16.2. The molecule has 1 saturated heterocycles. The molecule has 26 heavy (non-hydrogen) atoms. The molecule has 1 atom stereocenters.